The Morgan fingerprint density at radius 3 is 2.74 bits per heavy atom. The number of phosphoric ester groups is 1. The van der Waals surface area contributed by atoms with Crippen LogP contribution in [0.25, 0.3) is 33.3 Å². The molecule has 0 saturated carbocycles. The third kappa shape index (κ3) is 5.99. The zero-order chi connectivity index (χ0) is 27.3. The number of rotatable bonds is 10. The Morgan fingerprint density at radius 1 is 1.21 bits per heavy atom. The van der Waals surface area contributed by atoms with Crippen molar-refractivity contribution in [2.45, 2.75) is 13.7 Å². The lowest BCUT2D eigenvalue weighted by Crippen LogP contribution is -2.07. The first kappa shape index (κ1) is 26.8. The van der Waals surface area contributed by atoms with E-state index in [2.05, 4.69) is 22.9 Å². The van der Waals surface area contributed by atoms with Gasteiger partial charge in [-0.25, -0.2) is 9.55 Å². The number of aromatic nitrogens is 2. The van der Waals surface area contributed by atoms with E-state index in [0.717, 1.165) is 22.3 Å². The van der Waals surface area contributed by atoms with Crippen LogP contribution >= 0.6 is 7.82 Å². The molecule has 11 heteroatoms. The summed E-state index contributed by atoms with van der Waals surface area (Å²) in [5.41, 5.74) is 4.45. The van der Waals surface area contributed by atoms with Gasteiger partial charge in [0.25, 0.3) is 0 Å². The second kappa shape index (κ2) is 11.4. The smallest absolute Gasteiger partial charge is 0.473 e. The predicted octanol–water partition coefficient (Wildman–Crippen LogP) is 5.49. The molecule has 10 nitrogen and oxygen atoms in total. The second-order valence-corrected chi connectivity index (χ2v) is 9.54. The van der Waals surface area contributed by atoms with E-state index < -0.39 is 7.82 Å². The summed E-state index contributed by atoms with van der Waals surface area (Å²) in [4.78, 5) is 26.4. The fourth-order valence-corrected chi connectivity index (χ4v) is 4.57. The maximum atomic E-state index is 12.1. The third-order valence-electron chi connectivity index (χ3n) is 5.60. The van der Waals surface area contributed by atoms with Gasteiger partial charge in [-0.2, -0.15) is 5.26 Å². The van der Waals surface area contributed by atoms with Gasteiger partial charge in [-0.05, 0) is 54.5 Å². The average molecular weight is 532 g/mol. The molecule has 2 heterocycles. The van der Waals surface area contributed by atoms with Crippen molar-refractivity contribution in [3.63, 3.8) is 0 Å². The van der Waals surface area contributed by atoms with Crippen molar-refractivity contribution in [3.8, 4) is 34.1 Å². The van der Waals surface area contributed by atoms with Crippen molar-refractivity contribution in [1.82, 2.24) is 9.55 Å². The van der Waals surface area contributed by atoms with Crippen molar-refractivity contribution in [2.75, 3.05) is 19.0 Å². The molecule has 1 unspecified atom stereocenters. The van der Waals surface area contributed by atoms with E-state index in [9.17, 15) is 19.5 Å². The van der Waals surface area contributed by atoms with Crippen LogP contribution in [0.4, 0.5) is 5.69 Å². The fraction of sp³-hybridized carbons (Fsp3) is 0.148. The van der Waals surface area contributed by atoms with Crippen LogP contribution in [0, 0.1) is 11.3 Å². The van der Waals surface area contributed by atoms with Gasteiger partial charge in [-0.15, -0.1) is 0 Å². The number of benzene rings is 2. The van der Waals surface area contributed by atoms with E-state index in [1.165, 1.54) is 13.2 Å². The van der Waals surface area contributed by atoms with E-state index in [1.807, 2.05) is 18.2 Å². The van der Waals surface area contributed by atoms with E-state index >= 15 is 0 Å². The maximum absolute atomic E-state index is 12.1. The minimum atomic E-state index is -4.24. The first-order chi connectivity index (χ1) is 18.3. The van der Waals surface area contributed by atoms with Crippen LogP contribution in [0.2, 0.25) is 0 Å². The molecule has 0 fully saturated rings. The molecule has 1 amide bonds. The molecular weight excluding hydrogens is 507 g/mol. The van der Waals surface area contributed by atoms with Crippen LogP contribution in [0.1, 0.15) is 12.5 Å². The lowest BCUT2D eigenvalue weighted by molar-refractivity contribution is -0.111. The van der Waals surface area contributed by atoms with Gasteiger partial charge in [0.1, 0.15) is 18.1 Å². The zero-order valence-corrected chi connectivity index (χ0v) is 21.6. The molecule has 0 aliphatic carbocycles. The Hall–Kier alpha value is -4.26. The highest BCUT2D eigenvalue weighted by Gasteiger charge is 2.22. The van der Waals surface area contributed by atoms with Gasteiger partial charge in [0.2, 0.25) is 5.91 Å². The molecule has 0 saturated heterocycles. The quantitative estimate of drug-likeness (QED) is 0.202. The number of anilines is 1. The van der Waals surface area contributed by atoms with Gasteiger partial charge in [0, 0.05) is 40.7 Å². The Bertz CT molecular complexity index is 1610. The lowest BCUT2D eigenvalue weighted by atomic mass is 10.0. The van der Waals surface area contributed by atoms with Gasteiger partial charge in [-0.1, -0.05) is 18.7 Å². The number of hydrogen-bond acceptors (Lipinski definition) is 7. The summed E-state index contributed by atoms with van der Waals surface area (Å²) in [6.45, 7) is 4.80. The van der Waals surface area contributed by atoms with Crippen LogP contribution in [-0.4, -0.2) is 34.1 Å². The Balaban J connectivity index is 1.85. The number of hydrogen-bond donors (Lipinski definition) is 2. The van der Waals surface area contributed by atoms with Gasteiger partial charge < -0.3 is 19.5 Å². The number of fused-ring (bicyclic) bond motifs is 1. The van der Waals surface area contributed by atoms with E-state index in [0.29, 0.717) is 28.0 Å². The predicted molar refractivity (Wildman–Crippen MR) is 143 cm³/mol. The molecule has 0 aliphatic heterocycles. The summed E-state index contributed by atoms with van der Waals surface area (Å²) < 4.78 is 29.1. The number of nitriles is 1. The van der Waals surface area contributed by atoms with Crippen LogP contribution in [-0.2, 0) is 25.1 Å². The Labute approximate surface area is 219 Å². The van der Waals surface area contributed by atoms with Gasteiger partial charge >= 0.3 is 7.82 Å². The molecule has 4 rings (SSSR count). The lowest BCUT2D eigenvalue weighted by Gasteiger charge is -2.12. The number of nitrogens with zero attached hydrogens (tertiary/aromatic N) is 3. The SMILES string of the molecule is C=CC(=O)Nc1cc(OC)cc(-c2cnc3c(c2)c(-c2cccc(C#N)c2)cn3COP(=O)(O)OCC)c1. The highest BCUT2D eigenvalue weighted by atomic mass is 31.2. The molecular formula is C27H25N4O6P. The molecule has 1 atom stereocenters. The molecule has 38 heavy (non-hydrogen) atoms. The van der Waals surface area contributed by atoms with E-state index in [1.54, 1.807) is 54.2 Å². The van der Waals surface area contributed by atoms with Crippen LogP contribution < -0.4 is 10.1 Å². The van der Waals surface area contributed by atoms with Crippen LogP contribution in [0.3, 0.4) is 0 Å². The fourth-order valence-electron chi connectivity index (χ4n) is 3.90. The summed E-state index contributed by atoms with van der Waals surface area (Å²) >= 11 is 0. The Morgan fingerprint density at radius 2 is 2.03 bits per heavy atom. The summed E-state index contributed by atoms with van der Waals surface area (Å²) in [6.07, 6.45) is 4.56. The van der Waals surface area contributed by atoms with Gasteiger partial charge in [-0.3, -0.25) is 13.8 Å². The molecule has 194 valence electrons. The summed E-state index contributed by atoms with van der Waals surface area (Å²) in [6, 6.07) is 16.4. The number of phosphoric acid groups is 1. The molecule has 0 spiro atoms. The first-order valence-electron chi connectivity index (χ1n) is 11.5. The molecule has 2 aromatic heterocycles. The number of amides is 1. The maximum Gasteiger partial charge on any atom is 0.473 e. The first-order valence-corrected chi connectivity index (χ1v) is 13.0. The third-order valence-corrected chi connectivity index (χ3v) is 6.62. The summed E-state index contributed by atoms with van der Waals surface area (Å²) in [5, 5.41) is 12.8. The van der Waals surface area contributed by atoms with Crippen molar-refractivity contribution in [1.29, 1.82) is 5.26 Å². The summed E-state index contributed by atoms with van der Waals surface area (Å²) in [5.74, 6) is 0.173. The van der Waals surface area contributed by atoms with Crippen LogP contribution in [0.15, 0.2) is 73.6 Å². The molecule has 0 aliphatic rings. The topological polar surface area (TPSA) is 136 Å². The van der Waals surface area contributed by atoms with E-state index in [4.69, 9.17) is 13.8 Å². The molecule has 4 aromatic rings. The minimum absolute atomic E-state index is 0.0177. The largest absolute Gasteiger partial charge is 0.497 e. The van der Waals surface area contributed by atoms with Crippen molar-refractivity contribution in [2.24, 2.45) is 0 Å². The van der Waals surface area contributed by atoms with Gasteiger partial charge in [0.15, 0.2) is 0 Å². The average Bonchev–Trinajstić information content (AvgIpc) is 3.29. The zero-order valence-electron chi connectivity index (χ0n) is 20.7. The highest BCUT2D eigenvalue weighted by molar-refractivity contribution is 7.47. The minimum Gasteiger partial charge on any atom is -0.497 e. The molecule has 2 aromatic carbocycles. The summed E-state index contributed by atoms with van der Waals surface area (Å²) in [7, 11) is -2.72. The van der Waals surface area contributed by atoms with Crippen molar-refractivity contribution >= 4 is 30.5 Å². The molecule has 0 radical (unpaired) electrons. The number of methoxy groups -OCH3 is 1. The van der Waals surface area contributed by atoms with Gasteiger partial charge in [0.05, 0.1) is 25.3 Å². The Kier molecular flexibility index (Phi) is 8.05. The highest BCUT2D eigenvalue weighted by Crippen LogP contribution is 2.44. The van der Waals surface area contributed by atoms with Crippen molar-refractivity contribution in [3.05, 3.63) is 79.1 Å². The van der Waals surface area contributed by atoms with Crippen molar-refractivity contribution < 1.29 is 28.0 Å². The number of pyridine rings is 1. The molecule has 0 bridgehead atoms. The van der Waals surface area contributed by atoms with E-state index in [-0.39, 0.29) is 19.2 Å². The molecule has 2 N–H and O–H groups in total. The van der Waals surface area contributed by atoms with Crippen LogP contribution in [0.5, 0.6) is 5.75 Å². The standard InChI is InChI=1S/C27H25N4O6P/c1-4-26(32)30-22-10-20(11-23(13-22)35-3)21-12-24-25(19-8-6-7-18(9-19)14-28)16-31(27(24)29-15-21)17-37-38(33,34)36-5-2/h4,6-13,15-16H,1,5,17H2,2-3H3,(H,30,32)(H,33,34). The monoisotopic (exact) mass is 532 g/mol. The second-order valence-electron chi connectivity index (χ2n) is 8.09. The number of nitrogens with one attached hydrogen (secondary N) is 1. The number of ether oxygens (including phenoxy) is 1. The number of carbonyl (C=O) groups excluding carboxylic acids is 1. The number of carbonyl (C=O) groups is 1. The normalized spacial score (nSPS) is 12.5.